The minimum absolute atomic E-state index is 0.314. The van der Waals surface area contributed by atoms with Crippen molar-refractivity contribution in [2.24, 2.45) is 0 Å². The van der Waals surface area contributed by atoms with Gasteiger partial charge in [-0.3, -0.25) is 0 Å². The Morgan fingerprint density at radius 1 is 1.10 bits per heavy atom. The van der Waals surface area contributed by atoms with Crippen LogP contribution >= 0.6 is 34.4 Å². The maximum atomic E-state index is 11.9. The fraction of sp³-hybridized carbons (Fsp3) is 0.130. The molecule has 0 unspecified atom stereocenters. The van der Waals surface area contributed by atoms with Crippen molar-refractivity contribution in [1.29, 1.82) is 0 Å². The molecule has 30 heavy (non-hydrogen) atoms. The van der Waals surface area contributed by atoms with Gasteiger partial charge in [0.05, 0.1) is 17.0 Å². The highest BCUT2D eigenvalue weighted by molar-refractivity contribution is 8.00. The molecule has 0 radical (unpaired) electrons. The molecular formula is C23H20N2O2S3. The minimum Gasteiger partial charge on any atom is -0.465 e. The van der Waals surface area contributed by atoms with Gasteiger partial charge in [-0.15, -0.1) is 34.4 Å². The Kier molecular flexibility index (Phi) is 6.52. The molecule has 7 heteroatoms. The molecule has 0 atom stereocenters. The van der Waals surface area contributed by atoms with E-state index in [9.17, 15) is 4.79 Å². The lowest BCUT2D eigenvalue weighted by atomic mass is 10.1. The van der Waals surface area contributed by atoms with Gasteiger partial charge in [0.15, 0.2) is 5.13 Å². The Bertz CT molecular complexity index is 1130. The van der Waals surface area contributed by atoms with Crippen molar-refractivity contribution in [2.75, 3.05) is 18.7 Å². The van der Waals surface area contributed by atoms with Crippen molar-refractivity contribution < 1.29 is 9.53 Å². The van der Waals surface area contributed by atoms with E-state index in [1.807, 2.05) is 23.8 Å². The standard InChI is InChI=1S/C23H20N2O2S3/c1-27-21(26)20-13-18(22(28-2)30-20)19-14-29-23(25-19)24-17-10-8-16(9-11-17)12-15-6-4-3-5-7-15/h3-11,13-14H,12H2,1-2H3,(H,24,25). The van der Waals surface area contributed by atoms with Gasteiger partial charge in [-0.1, -0.05) is 42.5 Å². The number of anilines is 2. The lowest BCUT2D eigenvalue weighted by Gasteiger charge is -2.05. The van der Waals surface area contributed by atoms with Crippen LogP contribution < -0.4 is 5.32 Å². The van der Waals surface area contributed by atoms with Gasteiger partial charge in [0.1, 0.15) is 4.88 Å². The number of ether oxygens (including phenoxy) is 1. The summed E-state index contributed by atoms with van der Waals surface area (Å²) in [5.41, 5.74) is 5.40. The highest BCUT2D eigenvalue weighted by Gasteiger charge is 2.18. The Balaban J connectivity index is 1.47. The van der Waals surface area contributed by atoms with Crippen LogP contribution in [0.4, 0.5) is 10.8 Å². The number of hydrogen-bond acceptors (Lipinski definition) is 7. The number of benzene rings is 2. The molecule has 0 bridgehead atoms. The maximum Gasteiger partial charge on any atom is 0.348 e. The van der Waals surface area contributed by atoms with Crippen LogP contribution in [0.5, 0.6) is 0 Å². The van der Waals surface area contributed by atoms with Crippen LogP contribution in [-0.4, -0.2) is 24.3 Å². The van der Waals surface area contributed by atoms with Crippen LogP contribution in [0, 0.1) is 0 Å². The molecule has 2 aromatic carbocycles. The minimum atomic E-state index is -0.314. The molecule has 4 rings (SSSR count). The van der Waals surface area contributed by atoms with Crippen LogP contribution in [0.2, 0.25) is 0 Å². The second-order valence-corrected chi connectivity index (χ2v) is 9.51. The molecule has 0 aliphatic rings. The summed E-state index contributed by atoms with van der Waals surface area (Å²) in [6.45, 7) is 0. The van der Waals surface area contributed by atoms with Gasteiger partial charge in [0.25, 0.3) is 0 Å². The number of thioether (sulfide) groups is 1. The predicted molar refractivity (Wildman–Crippen MR) is 128 cm³/mol. The van der Waals surface area contributed by atoms with Crippen molar-refractivity contribution in [3.63, 3.8) is 0 Å². The summed E-state index contributed by atoms with van der Waals surface area (Å²) >= 11 is 4.59. The van der Waals surface area contributed by atoms with Crippen molar-refractivity contribution in [3.05, 3.63) is 82.0 Å². The molecule has 2 heterocycles. The lowest BCUT2D eigenvalue weighted by Crippen LogP contribution is -1.96. The van der Waals surface area contributed by atoms with E-state index < -0.39 is 0 Å². The first-order chi connectivity index (χ1) is 14.7. The number of thiophene rings is 1. The van der Waals surface area contributed by atoms with Gasteiger partial charge in [0, 0.05) is 16.6 Å². The monoisotopic (exact) mass is 452 g/mol. The maximum absolute atomic E-state index is 11.9. The molecule has 0 aliphatic heterocycles. The molecule has 0 amide bonds. The lowest BCUT2D eigenvalue weighted by molar-refractivity contribution is 0.0606. The summed E-state index contributed by atoms with van der Waals surface area (Å²) in [5.74, 6) is -0.314. The van der Waals surface area contributed by atoms with Crippen LogP contribution in [0.25, 0.3) is 11.3 Å². The topological polar surface area (TPSA) is 51.2 Å². The number of nitrogens with one attached hydrogen (secondary N) is 1. The molecule has 1 N–H and O–H groups in total. The first-order valence-electron chi connectivity index (χ1n) is 9.28. The van der Waals surface area contributed by atoms with E-state index >= 15 is 0 Å². The molecular weight excluding hydrogens is 432 g/mol. The van der Waals surface area contributed by atoms with Crippen LogP contribution in [0.1, 0.15) is 20.8 Å². The number of carbonyl (C=O) groups is 1. The fourth-order valence-corrected chi connectivity index (χ4v) is 5.55. The molecule has 0 spiro atoms. The Hall–Kier alpha value is -2.61. The quantitative estimate of drug-likeness (QED) is 0.249. The van der Waals surface area contributed by atoms with Gasteiger partial charge >= 0.3 is 5.97 Å². The highest BCUT2D eigenvalue weighted by Crippen LogP contribution is 2.39. The molecule has 2 aromatic heterocycles. The third-order valence-corrected chi connectivity index (χ3v) is 7.51. The van der Waals surface area contributed by atoms with Crippen LogP contribution in [-0.2, 0) is 11.2 Å². The first kappa shape index (κ1) is 20.7. The second-order valence-electron chi connectivity index (χ2n) is 6.53. The van der Waals surface area contributed by atoms with E-state index in [2.05, 4.69) is 53.8 Å². The van der Waals surface area contributed by atoms with E-state index in [0.717, 1.165) is 32.7 Å². The fourth-order valence-electron chi connectivity index (χ4n) is 3.02. The van der Waals surface area contributed by atoms with Crippen molar-refractivity contribution >= 4 is 51.2 Å². The van der Waals surface area contributed by atoms with E-state index in [4.69, 9.17) is 9.72 Å². The average Bonchev–Trinajstić information content (AvgIpc) is 3.42. The number of methoxy groups -OCH3 is 1. The van der Waals surface area contributed by atoms with Crippen molar-refractivity contribution in [1.82, 2.24) is 4.98 Å². The van der Waals surface area contributed by atoms with E-state index in [0.29, 0.717) is 4.88 Å². The normalized spacial score (nSPS) is 10.7. The SMILES string of the molecule is COC(=O)c1cc(-c2csc(Nc3ccc(Cc4ccccc4)cc3)n2)c(SC)s1. The Morgan fingerprint density at radius 3 is 2.53 bits per heavy atom. The molecule has 0 saturated heterocycles. The average molecular weight is 453 g/mol. The van der Waals surface area contributed by atoms with Gasteiger partial charge in [0.2, 0.25) is 0 Å². The third kappa shape index (κ3) is 4.75. The molecule has 4 aromatic rings. The molecule has 0 aliphatic carbocycles. The summed E-state index contributed by atoms with van der Waals surface area (Å²) < 4.78 is 5.90. The Morgan fingerprint density at radius 2 is 1.83 bits per heavy atom. The van der Waals surface area contributed by atoms with E-state index in [1.165, 1.54) is 29.6 Å². The number of esters is 1. The Labute approximate surface area is 188 Å². The van der Waals surface area contributed by atoms with Crippen LogP contribution in [0.3, 0.4) is 0 Å². The number of carbonyl (C=O) groups excluding carboxylic acids is 1. The zero-order chi connectivity index (χ0) is 20.9. The predicted octanol–water partition coefficient (Wildman–Crippen LogP) is 6.71. The number of rotatable bonds is 7. The summed E-state index contributed by atoms with van der Waals surface area (Å²) in [7, 11) is 1.40. The largest absolute Gasteiger partial charge is 0.465 e. The second kappa shape index (κ2) is 9.47. The number of hydrogen-bond donors (Lipinski definition) is 1. The van der Waals surface area contributed by atoms with Crippen molar-refractivity contribution in [3.8, 4) is 11.3 Å². The van der Waals surface area contributed by atoms with Gasteiger partial charge < -0.3 is 10.1 Å². The number of aromatic nitrogens is 1. The highest BCUT2D eigenvalue weighted by atomic mass is 32.2. The molecule has 152 valence electrons. The van der Waals surface area contributed by atoms with Crippen molar-refractivity contribution in [2.45, 2.75) is 10.6 Å². The summed E-state index contributed by atoms with van der Waals surface area (Å²) in [5, 5.41) is 6.20. The van der Waals surface area contributed by atoms with Crippen LogP contribution in [0.15, 0.2) is 70.3 Å². The number of thiazole rings is 1. The van der Waals surface area contributed by atoms with E-state index in [1.54, 1.807) is 23.1 Å². The first-order valence-corrected chi connectivity index (χ1v) is 12.2. The molecule has 0 fully saturated rings. The zero-order valence-corrected chi connectivity index (χ0v) is 19.0. The molecule has 0 saturated carbocycles. The number of nitrogens with zero attached hydrogens (tertiary/aromatic N) is 1. The smallest absolute Gasteiger partial charge is 0.348 e. The van der Waals surface area contributed by atoms with E-state index in [-0.39, 0.29) is 5.97 Å². The van der Waals surface area contributed by atoms with Gasteiger partial charge in [-0.05, 0) is 42.0 Å². The molecule has 4 nitrogen and oxygen atoms in total. The summed E-state index contributed by atoms with van der Waals surface area (Å²) in [4.78, 5) is 17.2. The van der Waals surface area contributed by atoms with Gasteiger partial charge in [-0.2, -0.15) is 0 Å². The zero-order valence-electron chi connectivity index (χ0n) is 16.5. The summed E-state index contributed by atoms with van der Waals surface area (Å²) in [6, 6.07) is 20.7. The van der Waals surface area contributed by atoms with Gasteiger partial charge in [-0.25, -0.2) is 9.78 Å². The summed E-state index contributed by atoms with van der Waals surface area (Å²) in [6.07, 6.45) is 2.92. The third-order valence-electron chi connectivity index (χ3n) is 4.51.